The molecular formula is C20H20ClN3OS. The fourth-order valence-corrected chi connectivity index (χ4v) is 3.39. The van der Waals surface area contributed by atoms with Crippen molar-refractivity contribution in [3.8, 4) is 11.3 Å². The lowest BCUT2D eigenvalue weighted by Gasteiger charge is -2.05. The zero-order chi connectivity index (χ0) is 18.4. The number of rotatable bonds is 7. The first kappa shape index (κ1) is 18.5. The van der Waals surface area contributed by atoms with E-state index in [1.165, 1.54) is 5.56 Å². The number of aromatic amines is 1. The Bertz CT molecular complexity index is 877. The fraction of sp³-hybridized carbons (Fsp3) is 0.200. The molecule has 1 amide bonds. The van der Waals surface area contributed by atoms with Gasteiger partial charge in [0, 0.05) is 17.3 Å². The maximum Gasteiger partial charge on any atom is 0.224 e. The Labute approximate surface area is 162 Å². The zero-order valence-electron chi connectivity index (χ0n) is 14.5. The average Bonchev–Trinajstić information content (AvgIpc) is 3.08. The quantitative estimate of drug-likeness (QED) is 0.465. The third-order valence-corrected chi connectivity index (χ3v) is 4.96. The van der Waals surface area contributed by atoms with Gasteiger partial charge in [0.2, 0.25) is 5.91 Å². The summed E-state index contributed by atoms with van der Waals surface area (Å²) in [5.74, 6) is 0.796. The van der Waals surface area contributed by atoms with E-state index in [1.807, 2.05) is 61.7 Å². The number of carbonyl (C=O) groups is 1. The number of aryl methyl sites for hydroxylation is 1. The van der Waals surface area contributed by atoms with E-state index in [2.05, 4.69) is 15.3 Å². The summed E-state index contributed by atoms with van der Waals surface area (Å²) >= 11 is 7.49. The SMILES string of the molecule is Cc1cccc(CC(=O)NCCSc2ncc(-c3ccc(Cl)cc3)[nH]2)c1. The largest absolute Gasteiger partial charge is 0.355 e. The molecule has 26 heavy (non-hydrogen) atoms. The first-order valence-corrected chi connectivity index (χ1v) is 9.72. The van der Waals surface area contributed by atoms with Gasteiger partial charge >= 0.3 is 0 Å². The smallest absolute Gasteiger partial charge is 0.224 e. The number of amides is 1. The van der Waals surface area contributed by atoms with Crippen LogP contribution in [0.25, 0.3) is 11.3 Å². The standard InChI is InChI=1S/C20H20ClN3OS/c1-14-3-2-4-15(11-14)12-19(25)22-9-10-26-20-23-13-18(24-20)16-5-7-17(21)8-6-16/h2-8,11,13H,9-10,12H2,1H3,(H,22,25)(H,23,24). The van der Waals surface area contributed by atoms with Crippen LogP contribution >= 0.6 is 23.4 Å². The normalized spacial score (nSPS) is 10.7. The van der Waals surface area contributed by atoms with E-state index in [-0.39, 0.29) is 5.91 Å². The third-order valence-electron chi connectivity index (χ3n) is 3.82. The van der Waals surface area contributed by atoms with Crippen molar-refractivity contribution in [2.75, 3.05) is 12.3 Å². The second-order valence-corrected chi connectivity index (χ2v) is 7.49. The molecule has 0 spiro atoms. The molecule has 0 aliphatic carbocycles. The topological polar surface area (TPSA) is 57.8 Å². The molecule has 0 saturated heterocycles. The number of nitrogens with one attached hydrogen (secondary N) is 2. The van der Waals surface area contributed by atoms with Crippen molar-refractivity contribution >= 4 is 29.3 Å². The van der Waals surface area contributed by atoms with Crippen LogP contribution in [0.2, 0.25) is 5.02 Å². The molecule has 4 nitrogen and oxygen atoms in total. The summed E-state index contributed by atoms with van der Waals surface area (Å²) in [6.45, 7) is 2.63. The summed E-state index contributed by atoms with van der Waals surface area (Å²) in [5.41, 5.74) is 4.20. The highest BCUT2D eigenvalue weighted by atomic mass is 35.5. The molecule has 0 saturated carbocycles. The summed E-state index contributed by atoms with van der Waals surface area (Å²) < 4.78 is 0. The number of aromatic nitrogens is 2. The number of carbonyl (C=O) groups excluding carboxylic acids is 1. The minimum atomic E-state index is 0.0394. The van der Waals surface area contributed by atoms with Crippen molar-refractivity contribution in [1.29, 1.82) is 0 Å². The van der Waals surface area contributed by atoms with Gasteiger partial charge in [0.25, 0.3) is 0 Å². The Balaban J connectivity index is 1.42. The number of hydrogen-bond acceptors (Lipinski definition) is 3. The number of imidazole rings is 1. The van der Waals surface area contributed by atoms with Crippen LogP contribution in [0.15, 0.2) is 59.9 Å². The minimum Gasteiger partial charge on any atom is -0.355 e. The van der Waals surface area contributed by atoms with Crippen molar-refractivity contribution in [3.63, 3.8) is 0 Å². The van der Waals surface area contributed by atoms with Crippen molar-refractivity contribution < 1.29 is 4.79 Å². The molecule has 0 aliphatic rings. The molecule has 1 heterocycles. The number of benzene rings is 2. The highest BCUT2D eigenvalue weighted by Gasteiger charge is 2.06. The van der Waals surface area contributed by atoms with Crippen LogP contribution in [-0.4, -0.2) is 28.2 Å². The van der Waals surface area contributed by atoms with Crippen molar-refractivity contribution in [2.45, 2.75) is 18.5 Å². The summed E-state index contributed by atoms with van der Waals surface area (Å²) in [6, 6.07) is 15.6. The lowest BCUT2D eigenvalue weighted by Crippen LogP contribution is -2.27. The lowest BCUT2D eigenvalue weighted by molar-refractivity contribution is -0.120. The predicted molar refractivity (Wildman–Crippen MR) is 108 cm³/mol. The van der Waals surface area contributed by atoms with Gasteiger partial charge in [-0.25, -0.2) is 4.98 Å². The van der Waals surface area contributed by atoms with Crippen molar-refractivity contribution in [3.05, 3.63) is 70.9 Å². The highest BCUT2D eigenvalue weighted by molar-refractivity contribution is 7.99. The Kier molecular flexibility index (Phi) is 6.36. The number of hydrogen-bond donors (Lipinski definition) is 2. The molecule has 0 aliphatic heterocycles. The lowest BCUT2D eigenvalue weighted by atomic mass is 10.1. The molecule has 2 N–H and O–H groups in total. The molecule has 2 aromatic carbocycles. The van der Waals surface area contributed by atoms with Crippen LogP contribution in [0.3, 0.4) is 0 Å². The second-order valence-electron chi connectivity index (χ2n) is 5.97. The van der Waals surface area contributed by atoms with Gasteiger partial charge in [-0.15, -0.1) is 0 Å². The average molecular weight is 386 g/mol. The Morgan fingerprint density at radius 2 is 2.04 bits per heavy atom. The predicted octanol–water partition coefficient (Wildman–Crippen LogP) is 4.49. The first-order valence-electron chi connectivity index (χ1n) is 8.36. The Morgan fingerprint density at radius 1 is 1.23 bits per heavy atom. The minimum absolute atomic E-state index is 0.0394. The van der Waals surface area contributed by atoms with Gasteiger partial charge in [0.05, 0.1) is 18.3 Å². The van der Waals surface area contributed by atoms with Crippen LogP contribution < -0.4 is 5.32 Å². The molecule has 0 radical (unpaired) electrons. The zero-order valence-corrected chi connectivity index (χ0v) is 16.0. The molecule has 0 unspecified atom stereocenters. The van der Waals surface area contributed by atoms with Gasteiger partial charge in [-0.05, 0) is 30.2 Å². The highest BCUT2D eigenvalue weighted by Crippen LogP contribution is 2.22. The van der Waals surface area contributed by atoms with E-state index in [9.17, 15) is 4.79 Å². The molecule has 3 rings (SSSR count). The van der Waals surface area contributed by atoms with Crippen LogP contribution in [0.4, 0.5) is 0 Å². The van der Waals surface area contributed by atoms with Gasteiger partial charge < -0.3 is 10.3 Å². The van der Waals surface area contributed by atoms with E-state index in [1.54, 1.807) is 11.8 Å². The first-order chi connectivity index (χ1) is 12.6. The summed E-state index contributed by atoms with van der Waals surface area (Å²) in [4.78, 5) is 19.6. The molecule has 3 aromatic rings. The van der Waals surface area contributed by atoms with E-state index in [0.29, 0.717) is 18.0 Å². The van der Waals surface area contributed by atoms with Gasteiger partial charge in [0.15, 0.2) is 5.16 Å². The second kappa shape index (κ2) is 8.92. The summed E-state index contributed by atoms with van der Waals surface area (Å²) in [5, 5.41) is 4.50. The molecular weight excluding hydrogens is 366 g/mol. The van der Waals surface area contributed by atoms with E-state index < -0.39 is 0 Å². The van der Waals surface area contributed by atoms with E-state index in [4.69, 9.17) is 11.6 Å². The molecule has 1 aromatic heterocycles. The van der Waals surface area contributed by atoms with E-state index >= 15 is 0 Å². The van der Waals surface area contributed by atoms with Gasteiger partial charge in [-0.3, -0.25) is 4.79 Å². The van der Waals surface area contributed by atoms with Crippen LogP contribution in [0.1, 0.15) is 11.1 Å². The van der Waals surface area contributed by atoms with Gasteiger partial charge in [-0.2, -0.15) is 0 Å². The van der Waals surface area contributed by atoms with Crippen LogP contribution in [-0.2, 0) is 11.2 Å². The Hall–Kier alpha value is -2.24. The molecule has 6 heteroatoms. The van der Waals surface area contributed by atoms with Crippen molar-refractivity contribution in [1.82, 2.24) is 15.3 Å². The maximum absolute atomic E-state index is 12.0. The fourth-order valence-electron chi connectivity index (χ4n) is 2.56. The monoisotopic (exact) mass is 385 g/mol. The summed E-state index contributed by atoms with van der Waals surface area (Å²) in [6.07, 6.45) is 2.22. The maximum atomic E-state index is 12.0. The molecule has 134 valence electrons. The third kappa shape index (κ3) is 5.38. The molecule has 0 atom stereocenters. The van der Waals surface area contributed by atoms with E-state index in [0.717, 1.165) is 27.7 Å². The number of halogens is 1. The van der Waals surface area contributed by atoms with Crippen LogP contribution in [0, 0.1) is 6.92 Å². The summed E-state index contributed by atoms with van der Waals surface area (Å²) in [7, 11) is 0. The van der Waals surface area contributed by atoms with Crippen LogP contribution in [0.5, 0.6) is 0 Å². The number of H-pyrrole nitrogens is 1. The number of thioether (sulfide) groups is 1. The molecule has 0 fully saturated rings. The number of nitrogens with zero attached hydrogens (tertiary/aromatic N) is 1. The molecule has 0 bridgehead atoms. The van der Waals surface area contributed by atoms with Crippen molar-refractivity contribution in [2.24, 2.45) is 0 Å². The Morgan fingerprint density at radius 3 is 2.81 bits per heavy atom. The van der Waals surface area contributed by atoms with Gasteiger partial charge in [-0.1, -0.05) is 65.3 Å². The van der Waals surface area contributed by atoms with Gasteiger partial charge in [0.1, 0.15) is 0 Å².